The van der Waals surface area contributed by atoms with Gasteiger partial charge in [-0.05, 0) is 31.4 Å². The van der Waals surface area contributed by atoms with E-state index in [1.165, 1.54) is 0 Å². The number of aromatic nitrogens is 1. The first-order valence-corrected chi connectivity index (χ1v) is 5.39. The number of hydrogen-bond acceptors (Lipinski definition) is 3. The highest BCUT2D eigenvalue weighted by Gasteiger charge is 2.43. The van der Waals surface area contributed by atoms with Crippen molar-refractivity contribution in [3.05, 3.63) is 29.6 Å². The Morgan fingerprint density at radius 3 is 2.62 bits per heavy atom. The van der Waals surface area contributed by atoms with Crippen LogP contribution in [0.2, 0.25) is 0 Å². The van der Waals surface area contributed by atoms with Crippen LogP contribution < -0.4 is 0 Å². The van der Waals surface area contributed by atoms with E-state index in [-0.39, 0.29) is 0 Å². The highest BCUT2D eigenvalue weighted by molar-refractivity contribution is 5.80. The Morgan fingerprint density at radius 2 is 2.12 bits per heavy atom. The van der Waals surface area contributed by atoms with E-state index in [0.29, 0.717) is 31.7 Å². The summed E-state index contributed by atoms with van der Waals surface area (Å²) in [5.41, 5.74) is 0.830. The van der Waals surface area contributed by atoms with Gasteiger partial charge in [0.15, 0.2) is 0 Å². The predicted octanol–water partition coefficient (Wildman–Crippen LogP) is 1.52. The highest BCUT2D eigenvalue weighted by Crippen LogP contribution is 2.33. The molecule has 0 spiro atoms. The largest absolute Gasteiger partial charge is 0.481 e. The predicted molar refractivity (Wildman–Crippen MR) is 58.3 cm³/mol. The quantitative estimate of drug-likeness (QED) is 0.822. The summed E-state index contributed by atoms with van der Waals surface area (Å²) < 4.78 is 5.23. The minimum Gasteiger partial charge on any atom is -0.481 e. The molecule has 2 heterocycles. The van der Waals surface area contributed by atoms with Gasteiger partial charge in [0.2, 0.25) is 0 Å². The van der Waals surface area contributed by atoms with E-state index in [1.807, 2.05) is 19.1 Å². The fraction of sp³-hybridized carbons (Fsp3) is 0.500. The van der Waals surface area contributed by atoms with Gasteiger partial charge < -0.3 is 9.84 Å². The molecule has 1 aliphatic rings. The Balaban J connectivity index is 2.38. The molecule has 86 valence electrons. The Labute approximate surface area is 94.3 Å². The van der Waals surface area contributed by atoms with Gasteiger partial charge >= 0.3 is 5.97 Å². The number of carboxylic acids is 1. The number of nitrogens with zero attached hydrogens (tertiary/aromatic N) is 1. The van der Waals surface area contributed by atoms with Crippen molar-refractivity contribution in [2.45, 2.75) is 25.2 Å². The van der Waals surface area contributed by atoms with Crippen molar-refractivity contribution in [1.29, 1.82) is 0 Å². The van der Waals surface area contributed by atoms with Gasteiger partial charge in [0.1, 0.15) is 5.41 Å². The topological polar surface area (TPSA) is 59.4 Å². The number of rotatable bonds is 2. The molecule has 0 saturated carbocycles. The summed E-state index contributed by atoms with van der Waals surface area (Å²) in [6, 6.07) is 3.72. The summed E-state index contributed by atoms with van der Waals surface area (Å²) in [5.74, 6) is -0.799. The zero-order valence-electron chi connectivity index (χ0n) is 9.27. The normalized spacial score (nSPS) is 19.3. The molecule has 0 aliphatic carbocycles. The summed E-state index contributed by atoms with van der Waals surface area (Å²) in [7, 11) is 0. The third-order valence-electron chi connectivity index (χ3n) is 3.16. The standard InChI is InChI=1S/C12H15NO3/c1-9-2-3-10(13-8-9)12(11(14)15)4-6-16-7-5-12/h2-3,8H,4-7H2,1H3,(H,14,15). The van der Waals surface area contributed by atoms with Crippen molar-refractivity contribution < 1.29 is 14.6 Å². The molecule has 1 saturated heterocycles. The van der Waals surface area contributed by atoms with Crippen molar-refractivity contribution in [3.8, 4) is 0 Å². The molecule has 4 nitrogen and oxygen atoms in total. The zero-order valence-corrected chi connectivity index (χ0v) is 9.27. The molecule has 1 N–H and O–H groups in total. The lowest BCUT2D eigenvalue weighted by molar-refractivity contribution is -0.148. The smallest absolute Gasteiger partial charge is 0.315 e. The molecule has 2 rings (SSSR count). The van der Waals surface area contributed by atoms with Crippen molar-refractivity contribution in [2.24, 2.45) is 0 Å². The monoisotopic (exact) mass is 221 g/mol. The molecule has 4 heteroatoms. The molecule has 0 atom stereocenters. The first-order chi connectivity index (χ1) is 7.65. The lowest BCUT2D eigenvalue weighted by Gasteiger charge is -2.32. The fourth-order valence-corrected chi connectivity index (χ4v) is 2.05. The molecule has 16 heavy (non-hydrogen) atoms. The van der Waals surface area contributed by atoms with E-state index in [0.717, 1.165) is 5.56 Å². The number of hydrogen-bond donors (Lipinski definition) is 1. The number of pyridine rings is 1. The summed E-state index contributed by atoms with van der Waals surface area (Å²) in [6.07, 6.45) is 2.71. The van der Waals surface area contributed by atoms with Gasteiger partial charge in [0.25, 0.3) is 0 Å². The second kappa shape index (κ2) is 4.22. The minimum atomic E-state index is -0.855. The van der Waals surface area contributed by atoms with Crippen LogP contribution in [0.4, 0.5) is 0 Å². The van der Waals surface area contributed by atoms with Gasteiger partial charge in [-0.25, -0.2) is 0 Å². The number of carbonyl (C=O) groups is 1. The molecule has 1 fully saturated rings. The minimum absolute atomic E-state index is 0.488. The Bertz CT molecular complexity index is 380. The zero-order chi connectivity index (χ0) is 11.6. The van der Waals surface area contributed by atoms with Crippen molar-refractivity contribution in [1.82, 2.24) is 4.98 Å². The molecule has 1 aliphatic heterocycles. The maximum Gasteiger partial charge on any atom is 0.315 e. The number of carboxylic acid groups (broad SMARTS) is 1. The SMILES string of the molecule is Cc1ccc(C2(C(=O)O)CCOCC2)nc1. The second-order valence-electron chi connectivity index (χ2n) is 4.22. The molecule has 0 radical (unpaired) electrons. The van der Waals surface area contributed by atoms with Crippen LogP contribution in [-0.4, -0.2) is 29.3 Å². The van der Waals surface area contributed by atoms with E-state index in [2.05, 4.69) is 4.98 Å². The molecule has 1 aromatic heterocycles. The summed E-state index contributed by atoms with van der Waals surface area (Å²) in [4.78, 5) is 15.7. The fourth-order valence-electron chi connectivity index (χ4n) is 2.05. The second-order valence-corrected chi connectivity index (χ2v) is 4.22. The van der Waals surface area contributed by atoms with Gasteiger partial charge in [0.05, 0.1) is 5.69 Å². The van der Waals surface area contributed by atoms with Crippen LogP contribution in [0.25, 0.3) is 0 Å². The van der Waals surface area contributed by atoms with E-state index < -0.39 is 11.4 Å². The van der Waals surface area contributed by atoms with Crippen molar-refractivity contribution in [2.75, 3.05) is 13.2 Å². The average molecular weight is 221 g/mol. The van der Waals surface area contributed by atoms with Crippen LogP contribution in [0.1, 0.15) is 24.1 Å². The van der Waals surface area contributed by atoms with Gasteiger partial charge in [-0.3, -0.25) is 9.78 Å². The summed E-state index contributed by atoms with van der Waals surface area (Å²) in [6.45, 7) is 2.91. The van der Waals surface area contributed by atoms with E-state index in [4.69, 9.17) is 4.74 Å². The highest BCUT2D eigenvalue weighted by atomic mass is 16.5. The number of aryl methyl sites for hydroxylation is 1. The molecule has 0 bridgehead atoms. The van der Waals surface area contributed by atoms with Crippen LogP contribution in [0.15, 0.2) is 18.3 Å². The third kappa shape index (κ3) is 1.80. The third-order valence-corrected chi connectivity index (χ3v) is 3.16. The lowest BCUT2D eigenvalue weighted by atomic mass is 9.77. The van der Waals surface area contributed by atoms with Gasteiger partial charge in [-0.15, -0.1) is 0 Å². The van der Waals surface area contributed by atoms with Crippen molar-refractivity contribution in [3.63, 3.8) is 0 Å². The summed E-state index contributed by atoms with van der Waals surface area (Å²) in [5, 5.41) is 9.42. The van der Waals surface area contributed by atoms with Crippen LogP contribution in [0, 0.1) is 6.92 Å². The van der Waals surface area contributed by atoms with E-state index >= 15 is 0 Å². The van der Waals surface area contributed by atoms with Crippen LogP contribution in [0.3, 0.4) is 0 Å². The van der Waals surface area contributed by atoms with E-state index in [1.54, 1.807) is 6.20 Å². The van der Waals surface area contributed by atoms with Gasteiger partial charge in [-0.1, -0.05) is 6.07 Å². The van der Waals surface area contributed by atoms with Crippen molar-refractivity contribution >= 4 is 5.97 Å². The molecule has 0 amide bonds. The Hall–Kier alpha value is -1.42. The molecule has 0 aromatic carbocycles. The Morgan fingerprint density at radius 1 is 1.44 bits per heavy atom. The van der Waals surface area contributed by atoms with Crippen LogP contribution in [0.5, 0.6) is 0 Å². The number of aliphatic carboxylic acids is 1. The molecule has 1 aromatic rings. The molecular formula is C12H15NO3. The first kappa shape index (κ1) is 11.1. The molecule has 0 unspecified atom stereocenters. The van der Waals surface area contributed by atoms with Crippen LogP contribution in [-0.2, 0) is 14.9 Å². The molecular weight excluding hydrogens is 206 g/mol. The summed E-state index contributed by atoms with van der Waals surface area (Å²) >= 11 is 0. The maximum absolute atomic E-state index is 11.5. The average Bonchev–Trinajstić information content (AvgIpc) is 2.30. The lowest BCUT2D eigenvalue weighted by Crippen LogP contribution is -2.42. The Kier molecular flexibility index (Phi) is 2.92. The van der Waals surface area contributed by atoms with Crippen LogP contribution >= 0.6 is 0 Å². The number of ether oxygens (including phenoxy) is 1. The first-order valence-electron chi connectivity index (χ1n) is 5.39. The maximum atomic E-state index is 11.5. The van der Waals surface area contributed by atoms with Gasteiger partial charge in [0, 0.05) is 19.4 Å². The van der Waals surface area contributed by atoms with E-state index in [9.17, 15) is 9.90 Å². The van der Waals surface area contributed by atoms with Gasteiger partial charge in [-0.2, -0.15) is 0 Å².